The molecule has 0 unspecified atom stereocenters. The number of aromatic nitrogens is 2. The van der Waals surface area contributed by atoms with Crippen LogP contribution in [0.2, 0.25) is 0 Å². The van der Waals surface area contributed by atoms with Crippen molar-refractivity contribution in [1.29, 1.82) is 10.5 Å². The fraction of sp³-hybridized carbons (Fsp3) is 0.455. The number of nitriles is 2. The van der Waals surface area contributed by atoms with Gasteiger partial charge in [-0.15, -0.1) is 0 Å². The van der Waals surface area contributed by atoms with Crippen molar-refractivity contribution in [3.05, 3.63) is 17.5 Å². The van der Waals surface area contributed by atoms with Gasteiger partial charge in [0.1, 0.15) is 5.56 Å². The van der Waals surface area contributed by atoms with Gasteiger partial charge in [0, 0.05) is 6.20 Å². The van der Waals surface area contributed by atoms with E-state index in [9.17, 15) is 18.0 Å². The standard InChI is InChI=1S/C11H9F3N4O2/c1-2-20-10(19)8-6-18(5-7(3-15)4-16)17-9(8)11(12,13)14/h6-7H,2,5H2,1H3. The monoisotopic (exact) mass is 286 g/mol. The van der Waals surface area contributed by atoms with Crippen LogP contribution in [0.1, 0.15) is 23.0 Å². The lowest BCUT2D eigenvalue weighted by Crippen LogP contribution is -2.14. The zero-order valence-corrected chi connectivity index (χ0v) is 10.3. The molecule has 0 aliphatic carbocycles. The summed E-state index contributed by atoms with van der Waals surface area (Å²) in [6, 6.07) is 3.21. The lowest BCUT2D eigenvalue weighted by Gasteiger charge is -2.05. The van der Waals surface area contributed by atoms with Crippen LogP contribution in [0, 0.1) is 28.6 Å². The summed E-state index contributed by atoms with van der Waals surface area (Å²) in [6.07, 6.45) is -4.01. The molecule has 0 bridgehead atoms. The first kappa shape index (κ1) is 15.5. The molecular formula is C11H9F3N4O2. The Morgan fingerprint density at radius 3 is 2.55 bits per heavy atom. The molecule has 0 N–H and O–H groups in total. The molecule has 1 aromatic rings. The van der Waals surface area contributed by atoms with Gasteiger partial charge in [-0.1, -0.05) is 0 Å². The van der Waals surface area contributed by atoms with Gasteiger partial charge in [-0.05, 0) is 6.92 Å². The maximum absolute atomic E-state index is 12.7. The van der Waals surface area contributed by atoms with E-state index in [1.54, 1.807) is 12.1 Å². The van der Waals surface area contributed by atoms with Crippen LogP contribution < -0.4 is 0 Å². The van der Waals surface area contributed by atoms with Crippen LogP contribution in [0.3, 0.4) is 0 Å². The highest BCUT2D eigenvalue weighted by atomic mass is 19.4. The zero-order valence-electron chi connectivity index (χ0n) is 10.3. The number of carbonyl (C=O) groups is 1. The molecule has 0 aliphatic heterocycles. The van der Waals surface area contributed by atoms with Crippen LogP contribution in [-0.4, -0.2) is 22.4 Å². The first-order chi connectivity index (χ1) is 9.33. The third-order valence-corrected chi connectivity index (χ3v) is 2.21. The van der Waals surface area contributed by atoms with Crippen molar-refractivity contribution < 1.29 is 22.7 Å². The van der Waals surface area contributed by atoms with Gasteiger partial charge >= 0.3 is 12.1 Å². The second-order valence-corrected chi connectivity index (χ2v) is 3.64. The molecule has 0 aromatic carbocycles. The van der Waals surface area contributed by atoms with Gasteiger partial charge in [0.15, 0.2) is 11.6 Å². The molecule has 0 saturated heterocycles. The van der Waals surface area contributed by atoms with E-state index >= 15 is 0 Å². The second-order valence-electron chi connectivity index (χ2n) is 3.64. The van der Waals surface area contributed by atoms with E-state index in [1.165, 1.54) is 6.92 Å². The minimum Gasteiger partial charge on any atom is -0.462 e. The number of hydrogen-bond donors (Lipinski definition) is 0. The van der Waals surface area contributed by atoms with E-state index in [0.29, 0.717) is 0 Å². The molecule has 1 heterocycles. The summed E-state index contributed by atoms with van der Waals surface area (Å²) in [4.78, 5) is 11.4. The molecule has 1 aromatic heterocycles. The molecule has 0 amide bonds. The van der Waals surface area contributed by atoms with Gasteiger partial charge in [-0.25, -0.2) is 4.79 Å². The molecule has 1 rings (SSSR count). The second kappa shape index (κ2) is 6.06. The van der Waals surface area contributed by atoms with E-state index in [0.717, 1.165) is 10.9 Å². The molecule has 20 heavy (non-hydrogen) atoms. The summed E-state index contributed by atoms with van der Waals surface area (Å²) in [5.41, 5.74) is -2.14. The summed E-state index contributed by atoms with van der Waals surface area (Å²) in [5, 5.41) is 20.4. The lowest BCUT2D eigenvalue weighted by atomic mass is 10.2. The summed E-state index contributed by atoms with van der Waals surface area (Å²) in [5.74, 6) is -2.32. The number of ether oxygens (including phenoxy) is 1. The normalized spacial score (nSPS) is 10.9. The number of esters is 1. The molecular weight excluding hydrogens is 277 g/mol. The third-order valence-electron chi connectivity index (χ3n) is 2.21. The van der Waals surface area contributed by atoms with Crippen LogP contribution in [0.4, 0.5) is 13.2 Å². The number of halogens is 3. The van der Waals surface area contributed by atoms with Crippen molar-refractivity contribution in [2.75, 3.05) is 6.61 Å². The van der Waals surface area contributed by atoms with E-state index in [1.807, 2.05) is 0 Å². The average Bonchev–Trinajstić information content (AvgIpc) is 2.80. The maximum atomic E-state index is 12.7. The number of hydrogen-bond acceptors (Lipinski definition) is 5. The van der Waals surface area contributed by atoms with Crippen molar-refractivity contribution in [3.8, 4) is 12.1 Å². The number of alkyl halides is 3. The maximum Gasteiger partial charge on any atom is 0.436 e. The van der Waals surface area contributed by atoms with Crippen LogP contribution in [-0.2, 0) is 17.5 Å². The Kier molecular flexibility index (Phi) is 4.70. The Bertz CT molecular complexity index is 566. The highest BCUT2D eigenvalue weighted by molar-refractivity contribution is 5.90. The van der Waals surface area contributed by atoms with Gasteiger partial charge in [-0.3, -0.25) is 4.68 Å². The van der Waals surface area contributed by atoms with E-state index < -0.39 is 29.3 Å². The molecule has 0 saturated carbocycles. The van der Waals surface area contributed by atoms with Crippen molar-refractivity contribution in [2.45, 2.75) is 19.6 Å². The Hall–Kier alpha value is -2.55. The van der Waals surface area contributed by atoms with Gasteiger partial charge in [-0.2, -0.15) is 28.8 Å². The van der Waals surface area contributed by atoms with Gasteiger partial charge in [0.05, 0.1) is 25.3 Å². The largest absolute Gasteiger partial charge is 0.462 e. The quantitative estimate of drug-likeness (QED) is 0.786. The predicted octanol–water partition coefficient (Wildman–Crippen LogP) is 1.74. The summed E-state index contributed by atoms with van der Waals surface area (Å²) < 4.78 is 43.5. The van der Waals surface area contributed by atoms with Crippen molar-refractivity contribution in [3.63, 3.8) is 0 Å². The van der Waals surface area contributed by atoms with Crippen LogP contribution in [0.5, 0.6) is 0 Å². The van der Waals surface area contributed by atoms with E-state index in [4.69, 9.17) is 10.5 Å². The number of rotatable bonds is 4. The Labute approximate surface area is 112 Å². The van der Waals surface area contributed by atoms with Crippen molar-refractivity contribution in [1.82, 2.24) is 9.78 Å². The highest BCUT2D eigenvalue weighted by Crippen LogP contribution is 2.31. The minimum atomic E-state index is -4.83. The molecule has 9 heteroatoms. The first-order valence-corrected chi connectivity index (χ1v) is 5.44. The number of nitrogens with zero attached hydrogens (tertiary/aromatic N) is 4. The molecule has 6 nitrogen and oxygen atoms in total. The van der Waals surface area contributed by atoms with E-state index in [2.05, 4.69) is 9.84 Å². The SMILES string of the molecule is CCOC(=O)c1cn(CC(C#N)C#N)nc1C(F)(F)F. The fourth-order valence-corrected chi connectivity index (χ4v) is 1.38. The summed E-state index contributed by atoms with van der Waals surface area (Å²) in [6.45, 7) is 1.01. The van der Waals surface area contributed by atoms with Crippen LogP contribution in [0.15, 0.2) is 6.20 Å². The molecule has 0 aliphatic rings. The Morgan fingerprint density at radius 2 is 2.10 bits per heavy atom. The summed E-state index contributed by atoms with van der Waals surface area (Å²) >= 11 is 0. The van der Waals surface area contributed by atoms with Crippen LogP contribution in [0.25, 0.3) is 0 Å². The van der Waals surface area contributed by atoms with Crippen LogP contribution >= 0.6 is 0 Å². The van der Waals surface area contributed by atoms with Gasteiger partial charge in [0.25, 0.3) is 0 Å². The predicted molar refractivity (Wildman–Crippen MR) is 57.9 cm³/mol. The molecule has 0 atom stereocenters. The van der Waals surface area contributed by atoms with Gasteiger partial charge in [0.2, 0.25) is 0 Å². The van der Waals surface area contributed by atoms with Gasteiger partial charge < -0.3 is 4.74 Å². The van der Waals surface area contributed by atoms with Crippen molar-refractivity contribution in [2.24, 2.45) is 5.92 Å². The highest BCUT2D eigenvalue weighted by Gasteiger charge is 2.39. The lowest BCUT2D eigenvalue weighted by molar-refractivity contribution is -0.142. The number of carbonyl (C=O) groups excluding carboxylic acids is 1. The smallest absolute Gasteiger partial charge is 0.436 e. The topological polar surface area (TPSA) is 91.7 Å². The summed E-state index contributed by atoms with van der Waals surface area (Å²) in [7, 11) is 0. The Morgan fingerprint density at radius 1 is 1.50 bits per heavy atom. The molecule has 0 radical (unpaired) electrons. The van der Waals surface area contributed by atoms with Crippen molar-refractivity contribution >= 4 is 5.97 Å². The Balaban J connectivity index is 3.17. The molecule has 0 spiro atoms. The molecule has 0 fully saturated rings. The molecule has 106 valence electrons. The van der Waals surface area contributed by atoms with E-state index in [-0.39, 0.29) is 13.2 Å². The fourth-order valence-electron chi connectivity index (χ4n) is 1.38. The third kappa shape index (κ3) is 3.48. The minimum absolute atomic E-state index is 0.0830. The average molecular weight is 286 g/mol. The zero-order chi connectivity index (χ0) is 15.3. The first-order valence-electron chi connectivity index (χ1n) is 5.44.